The third-order valence-electron chi connectivity index (χ3n) is 4.55. The molecule has 0 saturated carbocycles. The lowest BCUT2D eigenvalue weighted by Crippen LogP contribution is -2.45. The number of para-hydroxylation sites is 1. The first-order chi connectivity index (χ1) is 12.2. The van der Waals surface area contributed by atoms with Gasteiger partial charge >= 0.3 is 11.9 Å². The highest BCUT2D eigenvalue weighted by Gasteiger charge is 2.51. The molecule has 2 heterocycles. The van der Waals surface area contributed by atoms with Crippen LogP contribution in [0.5, 0.6) is 0 Å². The molecule has 0 amide bonds. The minimum atomic E-state index is -2.48. The van der Waals surface area contributed by atoms with E-state index < -0.39 is 28.7 Å². The smallest absolute Gasteiger partial charge is 0.337 e. The molecule has 0 fully saturated rings. The second-order valence-electron chi connectivity index (χ2n) is 5.93. The standard InChI is InChI=1S/C18H16N2O6/c1-9-14(16(21)22)18(25,15(17(23)24)10(2)20(9)26)12-7-8-19-13-6-4-3-5-11(12)13/h3-8,25-26H,1-2H3,(H,21,22)(H,23,24). The van der Waals surface area contributed by atoms with E-state index in [1.165, 1.54) is 26.1 Å². The van der Waals surface area contributed by atoms with Gasteiger partial charge in [-0.1, -0.05) is 18.2 Å². The van der Waals surface area contributed by atoms with Gasteiger partial charge in [0.25, 0.3) is 0 Å². The Morgan fingerprint density at radius 2 is 1.54 bits per heavy atom. The molecule has 2 aromatic rings. The molecule has 1 aromatic heterocycles. The van der Waals surface area contributed by atoms with E-state index >= 15 is 0 Å². The van der Waals surface area contributed by atoms with Gasteiger partial charge in [-0.15, -0.1) is 0 Å². The number of carbonyl (C=O) groups is 2. The fourth-order valence-electron chi connectivity index (χ4n) is 3.41. The summed E-state index contributed by atoms with van der Waals surface area (Å²) in [6.07, 6.45) is 1.37. The van der Waals surface area contributed by atoms with Gasteiger partial charge in [-0.05, 0) is 26.0 Å². The Hall–Kier alpha value is -3.23. The molecule has 0 radical (unpaired) electrons. The van der Waals surface area contributed by atoms with Crippen molar-refractivity contribution in [1.29, 1.82) is 0 Å². The summed E-state index contributed by atoms with van der Waals surface area (Å²) in [7, 11) is 0. The van der Waals surface area contributed by atoms with Crippen molar-refractivity contribution in [2.45, 2.75) is 19.4 Å². The maximum absolute atomic E-state index is 11.9. The van der Waals surface area contributed by atoms with Crippen LogP contribution in [0.15, 0.2) is 59.1 Å². The molecule has 3 rings (SSSR count). The number of carboxylic acids is 2. The summed E-state index contributed by atoms with van der Waals surface area (Å²) in [6.45, 7) is 2.58. The average Bonchev–Trinajstić information content (AvgIpc) is 2.58. The number of aliphatic hydroxyl groups is 1. The van der Waals surface area contributed by atoms with Crippen molar-refractivity contribution in [3.8, 4) is 0 Å². The number of benzene rings is 1. The number of fused-ring (bicyclic) bond motifs is 1. The molecule has 0 spiro atoms. The van der Waals surface area contributed by atoms with Gasteiger partial charge in [0.1, 0.15) is 0 Å². The van der Waals surface area contributed by atoms with Gasteiger partial charge in [0.2, 0.25) is 0 Å². The van der Waals surface area contributed by atoms with Crippen LogP contribution in [0.4, 0.5) is 0 Å². The molecule has 0 bridgehead atoms. The highest BCUT2D eigenvalue weighted by molar-refractivity contribution is 6.01. The van der Waals surface area contributed by atoms with E-state index in [1.807, 2.05) is 0 Å². The van der Waals surface area contributed by atoms with Crippen LogP contribution in [0, 0.1) is 0 Å². The molecular weight excluding hydrogens is 340 g/mol. The minimum Gasteiger partial charge on any atom is -0.478 e. The first-order valence-corrected chi connectivity index (χ1v) is 7.66. The van der Waals surface area contributed by atoms with E-state index in [1.54, 1.807) is 24.3 Å². The van der Waals surface area contributed by atoms with Gasteiger partial charge in [-0.3, -0.25) is 10.2 Å². The van der Waals surface area contributed by atoms with Crippen LogP contribution in [0.2, 0.25) is 0 Å². The lowest BCUT2D eigenvalue weighted by molar-refractivity contribution is -0.139. The highest BCUT2D eigenvalue weighted by Crippen LogP contribution is 2.46. The molecule has 0 atom stereocenters. The summed E-state index contributed by atoms with van der Waals surface area (Å²) in [4.78, 5) is 28.0. The first kappa shape index (κ1) is 17.6. The predicted molar refractivity (Wildman–Crippen MR) is 89.9 cm³/mol. The molecule has 0 aliphatic carbocycles. The Bertz CT molecular complexity index is 964. The lowest BCUT2D eigenvalue weighted by Gasteiger charge is -2.39. The number of rotatable bonds is 3. The van der Waals surface area contributed by atoms with Crippen LogP contribution in [0.25, 0.3) is 10.9 Å². The fourth-order valence-corrected chi connectivity index (χ4v) is 3.41. The van der Waals surface area contributed by atoms with Crippen LogP contribution < -0.4 is 0 Å². The number of aromatic nitrogens is 1. The molecule has 8 heteroatoms. The van der Waals surface area contributed by atoms with Gasteiger partial charge in [0, 0.05) is 17.1 Å². The van der Waals surface area contributed by atoms with E-state index in [9.17, 15) is 30.1 Å². The van der Waals surface area contributed by atoms with Crippen molar-refractivity contribution in [3.05, 3.63) is 64.6 Å². The summed E-state index contributed by atoms with van der Waals surface area (Å²) >= 11 is 0. The van der Waals surface area contributed by atoms with E-state index in [0.29, 0.717) is 16.0 Å². The topological polar surface area (TPSA) is 131 Å². The van der Waals surface area contributed by atoms with Crippen molar-refractivity contribution in [1.82, 2.24) is 10.0 Å². The summed E-state index contributed by atoms with van der Waals surface area (Å²) in [6, 6.07) is 8.05. The van der Waals surface area contributed by atoms with Gasteiger partial charge in [-0.2, -0.15) is 0 Å². The second kappa shape index (κ2) is 5.94. The summed E-state index contributed by atoms with van der Waals surface area (Å²) in [5, 5.41) is 41.9. The van der Waals surface area contributed by atoms with Crippen molar-refractivity contribution in [2.75, 3.05) is 0 Å². The third-order valence-corrected chi connectivity index (χ3v) is 4.55. The second-order valence-corrected chi connectivity index (χ2v) is 5.93. The van der Waals surface area contributed by atoms with E-state index in [4.69, 9.17) is 0 Å². The van der Waals surface area contributed by atoms with Crippen LogP contribution in [0.1, 0.15) is 19.4 Å². The van der Waals surface area contributed by atoms with Crippen LogP contribution in [0.3, 0.4) is 0 Å². The Morgan fingerprint density at radius 1 is 1.00 bits per heavy atom. The molecular formula is C18H16N2O6. The lowest BCUT2D eigenvalue weighted by atomic mass is 9.75. The molecule has 1 aliphatic rings. The fraction of sp³-hybridized carbons (Fsp3) is 0.167. The van der Waals surface area contributed by atoms with Gasteiger partial charge in [-0.25, -0.2) is 14.7 Å². The monoisotopic (exact) mass is 356 g/mol. The van der Waals surface area contributed by atoms with Crippen molar-refractivity contribution in [2.24, 2.45) is 0 Å². The third kappa shape index (κ3) is 2.27. The first-order valence-electron chi connectivity index (χ1n) is 7.66. The summed E-state index contributed by atoms with van der Waals surface area (Å²) in [5.41, 5.74) is -3.59. The number of nitrogens with zero attached hydrogens (tertiary/aromatic N) is 2. The van der Waals surface area contributed by atoms with Gasteiger partial charge in [0.05, 0.1) is 28.1 Å². The number of pyridine rings is 1. The molecule has 8 nitrogen and oxygen atoms in total. The Balaban J connectivity index is 2.49. The maximum atomic E-state index is 11.9. The maximum Gasteiger partial charge on any atom is 0.337 e. The molecule has 0 saturated heterocycles. The Kier molecular flexibility index (Phi) is 4.02. The molecule has 1 aromatic carbocycles. The van der Waals surface area contributed by atoms with E-state index in [0.717, 1.165) is 0 Å². The largest absolute Gasteiger partial charge is 0.478 e. The zero-order chi connectivity index (χ0) is 19.2. The van der Waals surface area contributed by atoms with Gasteiger partial charge in [0.15, 0.2) is 5.60 Å². The Morgan fingerprint density at radius 3 is 2.08 bits per heavy atom. The highest BCUT2D eigenvalue weighted by atomic mass is 16.5. The number of carboxylic acid groups (broad SMARTS) is 2. The SMILES string of the molecule is CC1=C(C(=O)O)C(O)(c2ccnc3ccccc23)C(C(=O)O)=C(C)N1O. The predicted octanol–water partition coefficient (Wildman–Crippen LogP) is 1.84. The van der Waals surface area contributed by atoms with E-state index in [-0.39, 0.29) is 17.0 Å². The van der Waals surface area contributed by atoms with Crippen LogP contribution in [-0.2, 0) is 15.2 Å². The average molecular weight is 356 g/mol. The number of hydrogen-bond donors (Lipinski definition) is 4. The molecule has 0 unspecified atom stereocenters. The normalized spacial score (nSPS) is 17.0. The van der Waals surface area contributed by atoms with Gasteiger partial charge < -0.3 is 15.3 Å². The number of hydroxylamine groups is 2. The number of aliphatic carboxylic acids is 2. The Labute approximate surface area is 147 Å². The molecule has 26 heavy (non-hydrogen) atoms. The molecule has 4 N–H and O–H groups in total. The molecule has 1 aliphatic heterocycles. The summed E-state index contributed by atoms with van der Waals surface area (Å²) in [5.74, 6) is -3.09. The molecule has 134 valence electrons. The van der Waals surface area contributed by atoms with Crippen molar-refractivity contribution >= 4 is 22.8 Å². The number of allylic oxidation sites excluding steroid dienone is 2. The van der Waals surface area contributed by atoms with Crippen LogP contribution >= 0.6 is 0 Å². The number of hydrogen-bond acceptors (Lipinski definition) is 6. The zero-order valence-corrected chi connectivity index (χ0v) is 14.0. The van der Waals surface area contributed by atoms with E-state index in [2.05, 4.69) is 4.98 Å². The van der Waals surface area contributed by atoms with Crippen molar-refractivity contribution < 1.29 is 30.1 Å². The van der Waals surface area contributed by atoms with Crippen LogP contribution in [-0.4, -0.2) is 42.5 Å². The quantitative estimate of drug-likeness (QED) is 0.655. The minimum absolute atomic E-state index is 0.0599. The van der Waals surface area contributed by atoms with Crippen molar-refractivity contribution in [3.63, 3.8) is 0 Å². The zero-order valence-electron chi connectivity index (χ0n) is 14.0. The summed E-state index contributed by atoms with van der Waals surface area (Å²) < 4.78 is 0.